The predicted molar refractivity (Wildman–Crippen MR) is 100 cm³/mol. The minimum absolute atomic E-state index is 0.290. The summed E-state index contributed by atoms with van der Waals surface area (Å²) >= 11 is 0. The Morgan fingerprint density at radius 3 is 2.46 bits per heavy atom. The SMILES string of the molecule is C[C@@H](OC(=O)CN1C(=O)[C@H]2CCCC[C@@H]2C1=O)C(=O)c1c[nH]c2ccccc12. The molecule has 1 aliphatic carbocycles. The van der Waals surface area contributed by atoms with Crippen LogP contribution in [0.1, 0.15) is 43.0 Å². The van der Waals surface area contributed by atoms with E-state index in [0.717, 1.165) is 28.6 Å². The van der Waals surface area contributed by atoms with Crippen LogP contribution >= 0.6 is 0 Å². The number of fused-ring (bicyclic) bond motifs is 2. The average molecular weight is 382 g/mol. The Balaban J connectivity index is 1.41. The largest absolute Gasteiger partial charge is 0.453 e. The molecule has 0 radical (unpaired) electrons. The number of H-pyrrole nitrogens is 1. The molecule has 1 aromatic heterocycles. The highest BCUT2D eigenvalue weighted by molar-refractivity contribution is 6.10. The second-order valence-corrected chi connectivity index (χ2v) is 7.50. The summed E-state index contributed by atoms with van der Waals surface area (Å²) in [5.41, 5.74) is 1.26. The van der Waals surface area contributed by atoms with Gasteiger partial charge >= 0.3 is 5.97 Å². The van der Waals surface area contributed by atoms with Crippen LogP contribution in [0, 0.1) is 11.8 Å². The Hall–Kier alpha value is -2.96. The number of hydrogen-bond donors (Lipinski definition) is 1. The summed E-state index contributed by atoms with van der Waals surface area (Å²) < 4.78 is 5.25. The van der Waals surface area contributed by atoms with Crippen molar-refractivity contribution in [2.45, 2.75) is 38.7 Å². The lowest BCUT2D eigenvalue weighted by molar-refractivity contribution is -0.154. The van der Waals surface area contributed by atoms with Gasteiger partial charge in [0.05, 0.1) is 11.8 Å². The van der Waals surface area contributed by atoms with Gasteiger partial charge in [-0.3, -0.25) is 24.1 Å². The smallest absolute Gasteiger partial charge is 0.326 e. The number of rotatable bonds is 5. The van der Waals surface area contributed by atoms with Crippen molar-refractivity contribution in [3.8, 4) is 0 Å². The fourth-order valence-corrected chi connectivity index (χ4v) is 4.30. The number of aromatic nitrogens is 1. The van der Waals surface area contributed by atoms with E-state index in [1.807, 2.05) is 24.3 Å². The molecule has 1 aliphatic heterocycles. The number of esters is 1. The van der Waals surface area contributed by atoms with Gasteiger partial charge in [-0.2, -0.15) is 0 Å². The Bertz CT molecular complexity index is 939. The summed E-state index contributed by atoms with van der Waals surface area (Å²) in [7, 11) is 0. The number of Topliss-reactive ketones (excluding diaryl/α,β-unsaturated/α-hetero) is 1. The maximum atomic E-state index is 12.7. The topological polar surface area (TPSA) is 96.5 Å². The maximum Gasteiger partial charge on any atom is 0.326 e. The third-order valence-corrected chi connectivity index (χ3v) is 5.75. The van der Waals surface area contributed by atoms with Gasteiger partial charge in [-0.1, -0.05) is 31.0 Å². The molecule has 2 heterocycles. The molecule has 0 unspecified atom stereocenters. The zero-order valence-electron chi connectivity index (χ0n) is 15.6. The van der Waals surface area contributed by atoms with Crippen LogP contribution < -0.4 is 0 Å². The number of ketones is 1. The van der Waals surface area contributed by atoms with Crippen molar-refractivity contribution in [1.82, 2.24) is 9.88 Å². The average Bonchev–Trinajstić information content (AvgIpc) is 3.23. The molecule has 2 fully saturated rings. The molecular formula is C21H22N2O5. The Kier molecular flexibility index (Phi) is 4.75. The molecule has 1 aromatic carbocycles. The number of nitrogens with zero attached hydrogens (tertiary/aromatic N) is 1. The van der Waals surface area contributed by atoms with Gasteiger partial charge in [-0.15, -0.1) is 0 Å². The molecule has 2 aliphatic rings. The van der Waals surface area contributed by atoms with Crippen molar-refractivity contribution >= 4 is 34.5 Å². The number of carbonyl (C=O) groups excluding carboxylic acids is 4. The van der Waals surface area contributed by atoms with Gasteiger partial charge in [0.25, 0.3) is 0 Å². The minimum atomic E-state index is -1.01. The van der Waals surface area contributed by atoms with Crippen LogP contribution in [0.4, 0.5) is 0 Å². The first kappa shape index (κ1) is 18.4. The normalized spacial score (nSPS) is 23.0. The van der Waals surface area contributed by atoms with Crippen molar-refractivity contribution in [2.75, 3.05) is 6.54 Å². The van der Waals surface area contributed by atoms with E-state index in [4.69, 9.17) is 4.74 Å². The maximum absolute atomic E-state index is 12.7. The van der Waals surface area contributed by atoms with Gasteiger partial charge in [-0.25, -0.2) is 0 Å². The van der Waals surface area contributed by atoms with Crippen LogP contribution in [-0.4, -0.2) is 46.1 Å². The van der Waals surface area contributed by atoms with Crippen molar-refractivity contribution in [3.63, 3.8) is 0 Å². The fraction of sp³-hybridized carbons (Fsp3) is 0.429. The quantitative estimate of drug-likeness (QED) is 0.487. The van der Waals surface area contributed by atoms with Crippen LogP contribution in [0.25, 0.3) is 10.9 Å². The first-order valence-corrected chi connectivity index (χ1v) is 9.62. The number of amides is 2. The van der Waals surface area contributed by atoms with E-state index < -0.39 is 18.6 Å². The van der Waals surface area contributed by atoms with E-state index in [1.165, 1.54) is 6.92 Å². The molecule has 7 heteroatoms. The summed E-state index contributed by atoms with van der Waals surface area (Å²) in [4.78, 5) is 53.9. The number of benzene rings is 1. The zero-order valence-corrected chi connectivity index (χ0v) is 15.6. The molecule has 146 valence electrons. The van der Waals surface area contributed by atoms with E-state index >= 15 is 0 Å². The summed E-state index contributed by atoms with van der Waals surface area (Å²) in [6.45, 7) is 1.06. The van der Waals surface area contributed by atoms with Crippen LogP contribution in [0.15, 0.2) is 30.5 Å². The number of hydrogen-bond acceptors (Lipinski definition) is 5. The van der Waals surface area contributed by atoms with Gasteiger partial charge in [0.2, 0.25) is 17.6 Å². The summed E-state index contributed by atoms with van der Waals surface area (Å²) in [6, 6.07) is 7.36. The number of imide groups is 1. The minimum Gasteiger partial charge on any atom is -0.453 e. The first-order valence-electron chi connectivity index (χ1n) is 9.62. The lowest BCUT2D eigenvalue weighted by Gasteiger charge is -2.19. The summed E-state index contributed by atoms with van der Waals surface area (Å²) in [6.07, 6.45) is 3.81. The van der Waals surface area contributed by atoms with Crippen molar-refractivity contribution in [3.05, 3.63) is 36.0 Å². The van der Waals surface area contributed by atoms with Crippen LogP contribution in [0.3, 0.4) is 0 Å². The highest BCUT2D eigenvalue weighted by Crippen LogP contribution is 2.37. The molecule has 1 N–H and O–H groups in total. The number of nitrogens with one attached hydrogen (secondary N) is 1. The molecular weight excluding hydrogens is 360 g/mol. The Morgan fingerprint density at radius 2 is 1.79 bits per heavy atom. The third-order valence-electron chi connectivity index (χ3n) is 5.75. The molecule has 7 nitrogen and oxygen atoms in total. The van der Waals surface area contributed by atoms with Crippen LogP contribution in [-0.2, 0) is 19.1 Å². The molecule has 0 bridgehead atoms. The predicted octanol–water partition coefficient (Wildman–Crippen LogP) is 2.46. The first-order chi connectivity index (χ1) is 13.5. The number of likely N-dealkylation sites (tertiary alicyclic amines) is 1. The zero-order chi connectivity index (χ0) is 19.8. The summed E-state index contributed by atoms with van der Waals surface area (Å²) in [5.74, 6) is -2.28. The molecule has 2 aromatic rings. The Labute approximate surface area is 162 Å². The monoisotopic (exact) mass is 382 g/mol. The van der Waals surface area contributed by atoms with Crippen molar-refractivity contribution < 1.29 is 23.9 Å². The van der Waals surface area contributed by atoms with Gasteiger partial charge in [-0.05, 0) is 25.8 Å². The number of ether oxygens (including phenoxy) is 1. The number of para-hydroxylation sites is 1. The third kappa shape index (κ3) is 3.10. The highest BCUT2D eigenvalue weighted by atomic mass is 16.5. The van der Waals surface area contributed by atoms with Crippen LogP contribution in [0.2, 0.25) is 0 Å². The van der Waals surface area contributed by atoms with E-state index in [9.17, 15) is 19.2 Å². The van der Waals surface area contributed by atoms with E-state index in [2.05, 4.69) is 4.98 Å². The summed E-state index contributed by atoms with van der Waals surface area (Å²) in [5, 5.41) is 0.754. The van der Waals surface area contributed by atoms with E-state index in [-0.39, 0.29) is 29.4 Å². The van der Waals surface area contributed by atoms with E-state index in [0.29, 0.717) is 18.4 Å². The molecule has 4 rings (SSSR count). The molecule has 28 heavy (non-hydrogen) atoms. The molecule has 3 atom stereocenters. The second kappa shape index (κ2) is 7.22. The van der Waals surface area contributed by atoms with Gasteiger partial charge in [0.1, 0.15) is 6.54 Å². The van der Waals surface area contributed by atoms with Crippen molar-refractivity contribution in [1.29, 1.82) is 0 Å². The van der Waals surface area contributed by atoms with Crippen molar-refractivity contribution in [2.24, 2.45) is 11.8 Å². The number of carbonyl (C=O) groups is 4. The molecule has 1 saturated heterocycles. The molecule has 1 saturated carbocycles. The van der Waals surface area contributed by atoms with Gasteiger partial charge in [0, 0.05) is 22.7 Å². The standard InChI is InChI=1S/C21H22N2O5/c1-12(19(25)16-10-22-17-9-5-4-6-13(16)17)28-18(24)11-23-20(26)14-7-2-3-8-15(14)21(23)27/h4-6,9-10,12,14-15,22H,2-3,7-8,11H2,1H3/t12-,14+,15+/m1/s1. The van der Waals surface area contributed by atoms with Crippen LogP contribution in [0.5, 0.6) is 0 Å². The lowest BCUT2D eigenvalue weighted by Crippen LogP contribution is -2.38. The number of aromatic amines is 1. The lowest BCUT2D eigenvalue weighted by atomic mass is 9.81. The van der Waals surface area contributed by atoms with Gasteiger partial charge < -0.3 is 9.72 Å². The molecule has 2 amide bonds. The van der Waals surface area contributed by atoms with Gasteiger partial charge in [0.15, 0.2) is 6.10 Å². The molecule has 0 spiro atoms. The van der Waals surface area contributed by atoms with E-state index in [1.54, 1.807) is 6.20 Å². The highest BCUT2D eigenvalue weighted by Gasteiger charge is 2.48. The second-order valence-electron chi connectivity index (χ2n) is 7.50. The fourth-order valence-electron chi connectivity index (χ4n) is 4.30. The Morgan fingerprint density at radius 1 is 1.14 bits per heavy atom.